The van der Waals surface area contributed by atoms with Gasteiger partial charge in [0.2, 0.25) is 5.91 Å². The summed E-state index contributed by atoms with van der Waals surface area (Å²) >= 11 is 0. The minimum Gasteiger partial charge on any atom is -0.481 e. The van der Waals surface area contributed by atoms with Crippen LogP contribution >= 0.6 is 0 Å². The van der Waals surface area contributed by atoms with E-state index in [1.807, 2.05) is 12.2 Å². The van der Waals surface area contributed by atoms with Crippen LogP contribution in [-0.2, 0) is 9.59 Å². The average Bonchev–Trinajstić information content (AvgIpc) is 3.03. The highest BCUT2D eigenvalue weighted by Crippen LogP contribution is 2.48. The zero-order valence-electron chi connectivity index (χ0n) is 10.3. The van der Waals surface area contributed by atoms with E-state index in [1.54, 1.807) is 0 Å². The van der Waals surface area contributed by atoms with Gasteiger partial charge >= 0.3 is 5.97 Å². The van der Waals surface area contributed by atoms with Gasteiger partial charge in [-0.05, 0) is 31.1 Å². The first-order chi connectivity index (χ1) is 8.66. The summed E-state index contributed by atoms with van der Waals surface area (Å²) in [6.07, 6.45) is 9.26. The second-order valence-corrected chi connectivity index (χ2v) is 5.83. The molecule has 1 amide bonds. The van der Waals surface area contributed by atoms with Crippen molar-refractivity contribution in [1.29, 1.82) is 0 Å². The van der Waals surface area contributed by atoms with Crippen LogP contribution in [0, 0.1) is 23.7 Å². The van der Waals surface area contributed by atoms with Crippen molar-refractivity contribution >= 4 is 11.9 Å². The van der Waals surface area contributed by atoms with Crippen LogP contribution in [0.1, 0.15) is 32.1 Å². The Balaban J connectivity index is 1.71. The molecule has 2 N–H and O–H groups in total. The molecule has 3 aliphatic rings. The number of carbonyl (C=O) groups is 2. The highest BCUT2D eigenvalue weighted by molar-refractivity contribution is 5.87. The molecule has 0 aliphatic heterocycles. The lowest BCUT2D eigenvalue weighted by Crippen LogP contribution is -2.43. The molecule has 2 bridgehead atoms. The average molecular weight is 249 g/mol. The van der Waals surface area contributed by atoms with Crippen LogP contribution < -0.4 is 5.32 Å². The van der Waals surface area contributed by atoms with Crippen LogP contribution in [0.15, 0.2) is 12.2 Å². The predicted octanol–water partition coefficient (Wildman–Crippen LogP) is 1.57. The molecule has 4 atom stereocenters. The molecule has 0 aromatic carbocycles. The molecule has 2 fully saturated rings. The largest absolute Gasteiger partial charge is 0.481 e. The van der Waals surface area contributed by atoms with Crippen LogP contribution in [-0.4, -0.2) is 23.0 Å². The SMILES string of the molecule is O=C(NC1CCCC1)[C@@H]1[C@@H](C(=O)O)[C@H]2C=C[C@@H]1C2. The minimum atomic E-state index is -0.821. The number of nitrogens with one attached hydrogen (secondary N) is 1. The molecule has 0 aromatic heterocycles. The molecule has 0 unspecified atom stereocenters. The lowest BCUT2D eigenvalue weighted by molar-refractivity contribution is -0.148. The Kier molecular flexibility index (Phi) is 2.88. The number of hydrogen-bond donors (Lipinski definition) is 2. The summed E-state index contributed by atoms with van der Waals surface area (Å²) in [7, 11) is 0. The van der Waals surface area contributed by atoms with Gasteiger partial charge in [-0.15, -0.1) is 0 Å². The zero-order chi connectivity index (χ0) is 12.7. The topological polar surface area (TPSA) is 66.4 Å². The van der Waals surface area contributed by atoms with Gasteiger partial charge in [0.05, 0.1) is 11.8 Å². The van der Waals surface area contributed by atoms with Gasteiger partial charge in [-0.2, -0.15) is 0 Å². The number of allylic oxidation sites excluding steroid dienone is 2. The summed E-state index contributed by atoms with van der Waals surface area (Å²) in [6, 6.07) is 0.273. The van der Waals surface area contributed by atoms with Gasteiger partial charge in [0, 0.05) is 6.04 Å². The number of carbonyl (C=O) groups excluding carboxylic acids is 1. The number of aliphatic carboxylic acids is 1. The molecule has 0 aromatic rings. The quantitative estimate of drug-likeness (QED) is 0.746. The van der Waals surface area contributed by atoms with Crippen molar-refractivity contribution in [3.63, 3.8) is 0 Å². The first-order valence-electron chi connectivity index (χ1n) is 6.88. The molecular formula is C14H19NO3. The van der Waals surface area contributed by atoms with Crippen molar-refractivity contribution < 1.29 is 14.7 Å². The summed E-state index contributed by atoms with van der Waals surface area (Å²) < 4.78 is 0. The molecule has 98 valence electrons. The number of amides is 1. The maximum Gasteiger partial charge on any atom is 0.307 e. The third-order valence-corrected chi connectivity index (χ3v) is 4.75. The van der Waals surface area contributed by atoms with Gasteiger partial charge in [-0.1, -0.05) is 25.0 Å². The fraction of sp³-hybridized carbons (Fsp3) is 0.714. The molecule has 3 rings (SSSR count). The molecule has 3 aliphatic carbocycles. The van der Waals surface area contributed by atoms with Crippen LogP contribution in [0.4, 0.5) is 0 Å². The van der Waals surface area contributed by atoms with Gasteiger partial charge in [-0.25, -0.2) is 0 Å². The summed E-state index contributed by atoms with van der Waals surface area (Å²) in [5.41, 5.74) is 0. The number of hydrogen-bond acceptors (Lipinski definition) is 2. The van der Waals surface area contributed by atoms with Gasteiger partial charge in [0.1, 0.15) is 0 Å². The van der Waals surface area contributed by atoms with Gasteiger partial charge < -0.3 is 10.4 Å². The highest BCUT2D eigenvalue weighted by atomic mass is 16.4. The van der Waals surface area contributed by atoms with Crippen molar-refractivity contribution in [2.45, 2.75) is 38.1 Å². The fourth-order valence-electron chi connectivity index (χ4n) is 3.88. The third-order valence-electron chi connectivity index (χ3n) is 4.75. The number of fused-ring (bicyclic) bond motifs is 2. The van der Waals surface area contributed by atoms with E-state index in [2.05, 4.69) is 5.32 Å². The van der Waals surface area contributed by atoms with Crippen molar-refractivity contribution in [3.8, 4) is 0 Å². The number of carboxylic acids is 1. The van der Waals surface area contributed by atoms with E-state index in [-0.39, 0.29) is 29.7 Å². The zero-order valence-corrected chi connectivity index (χ0v) is 10.3. The monoisotopic (exact) mass is 249 g/mol. The molecule has 0 radical (unpaired) electrons. The van der Waals surface area contributed by atoms with Crippen molar-refractivity contribution in [2.75, 3.05) is 0 Å². The van der Waals surface area contributed by atoms with Crippen LogP contribution in [0.3, 0.4) is 0 Å². The first-order valence-corrected chi connectivity index (χ1v) is 6.88. The molecule has 4 nitrogen and oxygen atoms in total. The standard InChI is InChI=1S/C14H19NO3/c16-13(15-10-3-1-2-4-10)11-8-5-6-9(7-8)12(11)14(17)18/h5-6,8-12H,1-4,7H2,(H,15,16)(H,17,18)/t8-,9+,11+,12+/m1/s1. The van der Waals surface area contributed by atoms with E-state index in [9.17, 15) is 14.7 Å². The lowest BCUT2D eigenvalue weighted by atomic mass is 9.82. The van der Waals surface area contributed by atoms with E-state index >= 15 is 0 Å². The summed E-state index contributed by atoms with van der Waals surface area (Å²) in [6.45, 7) is 0. The molecule has 4 heteroatoms. The molecular weight excluding hydrogens is 230 g/mol. The second kappa shape index (κ2) is 4.41. The maximum absolute atomic E-state index is 12.3. The molecule has 0 heterocycles. The Morgan fingerprint density at radius 3 is 2.28 bits per heavy atom. The van der Waals surface area contributed by atoms with Gasteiger partial charge in [0.25, 0.3) is 0 Å². The van der Waals surface area contributed by atoms with Crippen LogP contribution in [0.25, 0.3) is 0 Å². The predicted molar refractivity (Wildman–Crippen MR) is 65.8 cm³/mol. The van der Waals surface area contributed by atoms with E-state index in [0.717, 1.165) is 19.3 Å². The molecule has 2 saturated carbocycles. The summed E-state index contributed by atoms with van der Waals surface area (Å²) in [5, 5.41) is 12.4. The van der Waals surface area contributed by atoms with E-state index in [4.69, 9.17) is 0 Å². The Labute approximate surface area is 106 Å². The summed E-state index contributed by atoms with van der Waals surface area (Å²) in [5.74, 6) is -1.52. The normalized spacial score (nSPS) is 38.2. The Morgan fingerprint density at radius 1 is 1.06 bits per heavy atom. The molecule has 0 saturated heterocycles. The minimum absolute atomic E-state index is 0.0360. The third kappa shape index (κ3) is 1.84. The van der Waals surface area contributed by atoms with Crippen LogP contribution in [0.5, 0.6) is 0 Å². The Hall–Kier alpha value is -1.32. The molecule has 18 heavy (non-hydrogen) atoms. The Morgan fingerprint density at radius 2 is 1.67 bits per heavy atom. The van der Waals surface area contributed by atoms with Gasteiger partial charge in [0.15, 0.2) is 0 Å². The van der Waals surface area contributed by atoms with Crippen molar-refractivity contribution in [3.05, 3.63) is 12.2 Å². The van der Waals surface area contributed by atoms with Crippen molar-refractivity contribution in [2.24, 2.45) is 23.7 Å². The first kappa shape index (κ1) is 11.8. The number of rotatable bonds is 3. The smallest absolute Gasteiger partial charge is 0.307 e. The molecule has 0 spiro atoms. The van der Waals surface area contributed by atoms with Crippen LogP contribution in [0.2, 0.25) is 0 Å². The van der Waals surface area contributed by atoms with E-state index < -0.39 is 11.9 Å². The fourth-order valence-corrected chi connectivity index (χ4v) is 3.88. The highest BCUT2D eigenvalue weighted by Gasteiger charge is 2.51. The summed E-state index contributed by atoms with van der Waals surface area (Å²) in [4.78, 5) is 23.6. The lowest BCUT2D eigenvalue weighted by Gasteiger charge is -2.25. The van der Waals surface area contributed by atoms with Gasteiger partial charge in [-0.3, -0.25) is 9.59 Å². The van der Waals surface area contributed by atoms with E-state index in [1.165, 1.54) is 12.8 Å². The number of carboxylic acid groups (broad SMARTS) is 1. The van der Waals surface area contributed by atoms with Crippen molar-refractivity contribution in [1.82, 2.24) is 5.32 Å². The second-order valence-electron chi connectivity index (χ2n) is 5.83. The Bertz CT molecular complexity index is 398. The maximum atomic E-state index is 12.3. The van der Waals surface area contributed by atoms with E-state index in [0.29, 0.717) is 0 Å².